The Kier molecular flexibility index (Phi) is 4.06. The molecule has 0 atom stereocenters. The maximum atomic E-state index is 12.2. The van der Waals surface area contributed by atoms with Crippen LogP contribution in [0.25, 0.3) is 0 Å². The van der Waals surface area contributed by atoms with E-state index in [9.17, 15) is 4.79 Å². The average Bonchev–Trinajstić information content (AvgIpc) is 2.93. The van der Waals surface area contributed by atoms with Crippen molar-refractivity contribution in [2.45, 2.75) is 45.7 Å². The van der Waals surface area contributed by atoms with Crippen molar-refractivity contribution in [1.29, 1.82) is 0 Å². The van der Waals surface area contributed by atoms with E-state index in [1.165, 1.54) is 36.8 Å². The molecule has 1 aliphatic heterocycles. The average molecular weight is 272 g/mol. The summed E-state index contributed by atoms with van der Waals surface area (Å²) in [5.74, 6) is 1.62. The number of amides is 1. The Hall–Kier alpha value is -1.35. The monoisotopic (exact) mass is 272 g/mol. The molecule has 0 spiro atoms. The van der Waals surface area contributed by atoms with Gasteiger partial charge in [0.15, 0.2) is 0 Å². The first-order chi connectivity index (χ1) is 9.72. The molecule has 3 nitrogen and oxygen atoms in total. The predicted octanol–water partition coefficient (Wildman–Crippen LogP) is 2.85. The number of hydrogen-bond acceptors (Lipinski definition) is 2. The molecule has 3 rings (SSSR count). The molecule has 1 fully saturated rings. The minimum absolute atomic E-state index is 0.0818. The summed E-state index contributed by atoms with van der Waals surface area (Å²) in [6, 6.07) is 6.06. The fourth-order valence-corrected chi connectivity index (χ4v) is 3.31. The fraction of sp³-hybridized carbons (Fsp3) is 0.588. The maximum absolute atomic E-state index is 12.2. The van der Waals surface area contributed by atoms with Gasteiger partial charge in [-0.15, -0.1) is 0 Å². The van der Waals surface area contributed by atoms with Gasteiger partial charge in [-0.3, -0.25) is 4.79 Å². The second-order valence-electron chi connectivity index (χ2n) is 6.42. The fourth-order valence-electron chi connectivity index (χ4n) is 3.31. The third-order valence-corrected chi connectivity index (χ3v) is 4.79. The lowest BCUT2D eigenvalue weighted by Gasteiger charge is -2.26. The highest BCUT2D eigenvalue weighted by molar-refractivity contribution is 5.94. The van der Waals surface area contributed by atoms with Gasteiger partial charge in [0.2, 0.25) is 0 Å². The first-order valence-electron chi connectivity index (χ1n) is 7.83. The molecule has 0 aromatic heterocycles. The van der Waals surface area contributed by atoms with E-state index < -0.39 is 0 Å². The van der Waals surface area contributed by atoms with E-state index in [2.05, 4.69) is 23.6 Å². The Morgan fingerprint density at radius 1 is 1.20 bits per heavy atom. The van der Waals surface area contributed by atoms with Crippen molar-refractivity contribution >= 4 is 5.91 Å². The van der Waals surface area contributed by atoms with Crippen molar-refractivity contribution in [2.75, 3.05) is 6.54 Å². The largest absolute Gasteiger partial charge is 0.352 e. The molecule has 1 aromatic carbocycles. The molecule has 0 unspecified atom stereocenters. The van der Waals surface area contributed by atoms with Crippen molar-refractivity contribution in [3.63, 3.8) is 0 Å². The first kappa shape index (κ1) is 13.6. The van der Waals surface area contributed by atoms with Gasteiger partial charge < -0.3 is 10.6 Å². The molecule has 1 aliphatic carbocycles. The number of fused-ring (bicyclic) bond motifs is 1. The van der Waals surface area contributed by atoms with Crippen LogP contribution in [0.2, 0.25) is 0 Å². The molecule has 2 aliphatic rings. The van der Waals surface area contributed by atoms with Crippen LogP contribution in [0.4, 0.5) is 0 Å². The Morgan fingerprint density at radius 3 is 2.75 bits per heavy atom. The van der Waals surface area contributed by atoms with Gasteiger partial charge in [-0.05, 0) is 47.9 Å². The van der Waals surface area contributed by atoms with Gasteiger partial charge in [0.05, 0.1) is 0 Å². The summed E-state index contributed by atoms with van der Waals surface area (Å²) in [6.07, 6.45) is 5.14. The standard InChI is InChI=1S/C17H24N2O/c1-12-2-4-13(5-3-12)9-19-17(20)14-6-7-15-10-18-11-16(15)8-14/h6-8,12-13,18H,2-5,9-11H2,1H3,(H,19,20). The van der Waals surface area contributed by atoms with Crippen LogP contribution in [-0.2, 0) is 13.1 Å². The van der Waals surface area contributed by atoms with Crippen LogP contribution in [0.5, 0.6) is 0 Å². The summed E-state index contributed by atoms with van der Waals surface area (Å²) in [5, 5.41) is 6.43. The lowest BCUT2D eigenvalue weighted by Crippen LogP contribution is -2.31. The Balaban J connectivity index is 1.54. The molecule has 1 amide bonds. The van der Waals surface area contributed by atoms with Gasteiger partial charge in [0, 0.05) is 25.2 Å². The summed E-state index contributed by atoms with van der Waals surface area (Å²) in [4.78, 5) is 12.2. The molecule has 3 heteroatoms. The number of carbonyl (C=O) groups excluding carboxylic acids is 1. The van der Waals surface area contributed by atoms with Crippen LogP contribution in [0, 0.1) is 11.8 Å². The maximum Gasteiger partial charge on any atom is 0.251 e. The van der Waals surface area contributed by atoms with Crippen LogP contribution in [0.3, 0.4) is 0 Å². The predicted molar refractivity (Wildman–Crippen MR) is 80.4 cm³/mol. The van der Waals surface area contributed by atoms with Gasteiger partial charge >= 0.3 is 0 Å². The van der Waals surface area contributed by atoms with E-state index in [4.69, 9.17) is 0 Å². The second kappa shape index (κ2) is 5.96. The minimum Gasteiger partial charge on any atom is -0.352 e. The number of nitrogens with one attached hydrogen (secondary N) is 2. The molecule has 20 heavy (non-hydrogen) atoms. The SMILES string of the molecule is CC1CCC(CNC(=O)c2ccc3c(c2)CNC3)CC1. The lowest BCUT2D eigenvalue weighted by molar-refractivity contribution is 0.0942. The summed E-state index contributed by atoms with van der Waals surface area (Å²) in [6.45, 7) is 4.97. The first-order valence-corrected chi connectivity index (χ1v) is 7.83. The van der Waals surface area contributed by atoms with Gasteiger partial charge in [0.1, 0.15) is 0 Å². The Bertz CT molecular complexity index is 490. The van der Waals surface area contributed by atoms with Gasteiger partial charge in [-0.2, -0.15) is 0 Å². The zero-order valence-electron chi connectivity index (χ0n) is 12.2. The quantitative estimate of drug-likeness (QED) is 0.888. The molecular weight excluding hydrogens is 248 g/mol. The third kappa shape index (κ3) is 3.04. The van der Waals surface area contributed by atoms with Crippen LogP contribution in [-0.4, -0.2) is 12.5 Å². The molecular formula is C17H24N2O. The molecule has 1 heterocycles. The topological polar surface area (TPSA) is 41.1 Å². The van der Waals surface area contributed by atoms with E-state index in [0.29, 0.717) is 5.92 Å². The molecule has 108 valence electrons. The second-order valence-corrected chi connectivity index (χ2v) is 6.42. The molecule has 1 aromatic rings. The lowest BCUT2D eigenvalue weighted by atomic mass is 9.83. The van der Waals surface area contributed by atoms with E-state index >= 15 is 0 Å². The smallest absolute Gasteiger partial charge is 0.251 e. The highest BCUT2D eigenvalue weighted by Crippen LogP contribution is 2.27. The molecule has 0 saturated heterocycles. The van der Waals surface area contributed by atoms with Crippen LogP contribution < -0.4 is 10.6 Å². The molecule has 0 bridgehead atoms. The highest BCUT2D eigenvalue weighted by Gasteiger charge is 2.19. The summed E-state index contributed by atoms with van der Waals surface area (Å²) >= 11 is 0. The molecule has 0 radical (unpaired) electrons. The van der Waals surface area contributed by atoms with E-state index in [0.717, 1.165) is 31.1 Å². The van der Waals surface area contributed by atoms with Crippen molar-refractivity contribution in [3.8, 4) is 0 Å². The van der Waals surface area contributed by atoms with Crippen LogP contribution >= 0.6 is 0 Å². The Labute approximate surface area is 121 Å². The minimum atomic E-state index is 0.0818. The van der Waals surface area contributed by atoms with Gasteiger partial charge in [0.25, 0.3) is 5.91 Å². The third-order valence-electron chi connectivity index (χ3n) is 4.79. The van der Waals surface area contributed by atoms with Crippen LogP contribution in [0.15, 0.2) is 18.2 Å². The van der Waals surface area contributed by atoms with E-state index in [1.54, 1.807) is 0 Å². The van der Waals surface area contributed by atoms with Crippen molar-refractivity contribution in [2.24, 2.45) is 11.8 Å². The molecule has 1 saturated carbocycles. The zero-order chi connectivity index (χ0) is 13.9. The number of rotatable bonds is 3. The number of benzene rings is 1. The van der Waals surface area contributed by atoms with Gasteiger partial charge in [-0.1, -0.05) is 25.8 Å². The van der Waals surface area contributed by atoms with Crippen molar-refractivity contribution in [3.05, 3.63) is 34.9 Å². The van der Waals surface area contributed by atoms with E-state index in [1.807, 2.05) is 12.1 Å². The number of hydrogen-bond donors (Lipinski definition) is 2. The van der Waals surface area contributed by atoms with Crippen molar-refractivity contribution < 1.29 is 4.79 Å². The summed E-state index contributed by atoms with van der Waals surface area (Å²) in [7, 11) is 0. The number of carbonyl (C=O) groups is 1. The summed E-state index contributed by atoms with van der Waals surface area (Å²) < 4.78 is 0. The van der Waals surface area contributed by atoms with E-state index in [-0.39, 0.29) is 5.91 Å². The van der Waals surface area contributed by atoms with Gasteiger partial charge in [-0.25, -0.2) is 0 Å². The molecule has 2 N–H and O–H groups in total. The normalized spacial score (nSPS) is 25.2. The Morgan fingerprint density at radius 2 is 1.95 bits per heavy atom. The highest BCUT2D eigenvalue weighted by atomic mass is 16.1. The summed E-state index contributed by atoms with van der Waals surface area (Å²) in [5.41, 5.74) is 3.39. The zero-order valence-corrected chi connectivity index (χ0v) is 12.2. The van der Waals surface area contributed by atoms with Crippen molar-refractivity contribution in [1.82, 2.24) is 10.6 Å². The van der Waals surface area contributed by atoms with Crippen LogP contribution in [0.1, 0.15) is 54.1 Å².